The van der Waals surface area contributed by atoms with Crippen LogP contribution in [-0.2, 0) is 0 Å². The quantitative estimate of drug-likeness (QED) is 0.785. The molecule has 2 N–H and O–H groups in total. The molecular formula is C12H13ClFN. The molecule has 0 bridgehead atoms. The number of rotatable bonds is 3. The molecule has 80 valence electrons. The fraction of sp³-hybridized carbons (Fsp3) is 0.333. The van der Waals surface area contributed by atoms with Crippen molar-refractivity contribution < 1.29 is 4.39 Å². The van der Waals surface area contributed by atoms with Gasteiger partial charge >= 0.3 is 0 Å². The molecule has 1 atom stereocenters. The molecule has 0 aliphatic carbocycles. The Labute approximate surface area is 94.4 Å². The predicted octanol–water partition coefficient (Wildman–Crippen LogP) is 3.28. The summed E-state index contributed by atoms with van der Waals surface area (Å²) in [6, 6.07) is 4.09. The molecule has 3 heteroatoms. The number of benzene rings is 1. The van der Waals surface area contributed by atoms with Crippen molar-refractivity contribution in [2.24, 2.45) is 5.73 Å². The van der Waals surface area contributed by atoms with Gasteiger partial charge in [0.1, 0.15) is 5.82 Å². The summed E-state index contributed by atoms with van der Waals surface area (Å²) in [5, 5.41) is 0.381. The van der Waals surface area contributed by atoms with Crippen molar-refractivity contribution >= 4 is 11.6 Å². The van der Waals surface area contributed by atoms with Crippen molar-refractivity contribution in [2.45, 2.75) is 25.8 Å². The predicted molar refractivity (Wildman–Crippen MR) is 61.0 cm³/mol. The van der Waals surface area contributed by atoms with E-state index in [1.54, 1.807) is 13.0 Å². The first-order valence-corrected chi connectivity index (χ1v) is 5.13. The van der Waals surface area contributed by atoms with E-state index in [1.807, 2.05) is 0 Å². The van der Waals surface area contributed by atoms with E-state index < -0.39 is 0 Å². The average Bonchev–Trinajstić information content (AvgIpc) is 2.17. The molecule has 0 aliphatic heterocycles. The van der Waals surface area contributed by atoms with E-state index in [0.29, 0.717) is 5.02 Å². The lowest BCUT2D eigenvalue weighted by molar-refractivity contribution is 0.621. The molecule has 0 spiro atoms. The highest BCUT2D eigenvalue weighted by Crippen LogP contribution is 2.24. The molecule has 0 radical (unpaired) electrons. The van der Waals surface area contributed by atoms with E-state index in [4.69, 9.17) is 17.3 Å². The Bertz CT molecular complexity index is 392. The molecule has 0 saturated carbocycles. The second-order valence-corrected chi connectivity index (χ2v) is 3.64. The lowest BCUT2D eigenvalue weighted by Crippen LogP contribution is -2.10. The van der Waals surface area contributed by atoms with Gasteiger partial charge in [0, 0.05) is 17.5 Å². The van der Waals surface area contributed by atoms with Crippen molar-refractivity contribution in [3.63, 3.8) is 0 Å². The van der Waals surface area contributed by atoms with E-state index in [1.165, 1.54) is 12.1 Å². The summed E-state index contributed by atoms with van der Waals surface area (Å²) in [5.74, 6) is 5.39. The molecule has 0 fully saturated rings. The first-order chi connectivity index (χ1) is 7.15. The van der Waals surface area contributed by atoms with Crippen LogP contribution in [0.25, 0.3) is 0 Å². The minimum atomic E-state index is -0.343. The van der Waals surface area contributed by atoms with Crippen molar-refractivity contribution in [2.75, 3.05) is 0 Å². The Morgan fingerprint density at radius 3 is 2.87 bits per heavy atom. The molecule has 0 heterocycles. The average molecular weight is 226 g/mol. The van der Waals surface area contributed by atoms with Gasteiger partial charge in [-0.25, -0.2) is 4.39 Å². The fourth-order valence-corrected chi connectivity index (χ4v) is 1.62. The van der Waals surface area contributed by atoms with E-state index in [9.17, 15) is 4.39 Å². The summed E-state index contributed by atoms with van der Waals surface area (Å²) in [4.78, 5) is 0. The first kappa shape index (κ1) is 12.0. The highest BCUT2D eigenvalue weighted by Gasteiger charge is 2.09. The molecular weight excluding hydrogens is 213 g/mol. The van der Waals surface area contributed by atoms with Gasteiger partial charge in [0.15, 0.2) is 0 Å². The van der Waals surface area contributed by atoms with Crippen LogP contribution in [0.3, 0.4) is 0 Å². The Hall–Kier alpha value is -1.04. The molecule has 0 aromatic heterocycles. The number of halogens is 2. The summed E-state index contributed by atoms with van der Waals surface area (Å²) in [5.41, 5.74) is 6.69. The van der Waals surface area contributed by atoms with Gasteiger partial charge in [-0.1, -0.05) is 17.7 Å². The smallest absolute Gasteiger partial charge is 0.124 e. The highest BCUT2D eigenvalue weighted by molar-refractivity contribution is 6.31. The number of hydrogen-bond donors (Lipinski definition) is 1. The van der Waals surface area contributed by atoms with Crippen molar-refractivity contribution in [1.29, 1.82) is 0 Å². The number of nitrogens with two attached hydrogens (primary N) is 1. The Morgan fingerprint density at radius 2 is 2.27 bits per heavy atom. The van der Waals surface area contributed by atoms with Gasteiger partial charge in [-0.05, 0) is 31.0 Å². The van der Waals surface area contributed by atoms with Crippen LogP contribution in [-0.4, -0.2) is 0 Å². The van der Waals surface area contributed by atoms with Crippen LogP contribution in [0, 0.1) is 17.7 Å². The minimum Gasteiger partial charge on any atom is -0.324 e. The van der Waals surface area contributed by atoms with Crippen LogP contribution < -0.4 is 5.73 Å². The van der Waals surface area contributed by atoms with Gasteiger partial charge in [0.25, 0.3) is 0 Å². The van der Waals surface area contributed by atoms with Gasteiger partial charge in [-0.15, -0.1) is 11.8 Å². The van der Waals surface area contributed by atoms with Crippen LogP contribution >= 0.6 is 11.6 Å². The van der Waals surface area contributed by atoms with Crippen LogP contribution in [0.5, 0.6) is 0 Å². The summed E-state index contributed by atoms with van der Waals surface area (Å²) in [6.45, 7) is 1.79. The first-order valence-electron chi connectivity index (χ1n) is 4.75. The van der Waals surface area contributed by atoms with Crippen molar-refractivity contribution in [3.8, 4) is 11.8 Å². The second kappa shape index (κ2) is 5.75. The molecule has 0 aliphatic rings. The van der Waals surface area contributed by atoms with Gasteiger partial charge in [0.2, 0.25) is 0 Å². The Balaban J connectivity index is 2.71. The zero-order chi connectivity index (χ0) is 11.3. The van der Waals surface area contributed by atoms with Crippen LogP contribution in [0.2, 0.25) is 5.02 Å². The van der Waals surface area contributed by atoms with Crippen LogP contribution in [0.4, 0.5) is 4.39 Å². The van der Waals surface area contributed by atoms with Crippen molar-refractivity contribution in [1.82, 2.24) is 0 Å². The van der Waals surface area contributed by atoms with Gasteiger partial charge in [-0.3, -0.25) is 0 Å². The molecule has 0 amide bonds. The standard InChI is InChI=1S/C12H13ClFN/c1-2-3-4-5-12(15)10-7-6-9(14)8-11(10)13/h6-8,12H,4-5,15H2,1H3. The van der Waals surface area contributed by atoms with E-state index >= 15 is 0 Å². The lowest BCUT2D eigenvalue weighted by Gasteiger charge is -2.11. The largest absolute Gasteiger partial charge is 0.324 e. The highest BCUT2D eigenvalue weighted by atomic mass is 35.5. The van der Waals surface area contributed by atoms with Gasteiger partial charge in [0.05, 0.1) is 0 Å². The fourth-order valence-electron chi connectivity index (χ4n) is 1.31. The molecule has 1 aromatic rings. The maximum Gasteiger partial charge on any atom is 0.124 e. The van der Waals surface area contributed by atoms with E-state index in [2.05, 4.69) is 11.8 Å². The molecule has 1 unspecified atom stereocenters. The van der Waals surface area contributed by atoms with Gasteiger partial charge in [-0.2, -0.15) is 0 Å². The Kier molecular flexibility index (Phi) is 4.61. The maximum absolute atomic E-state index is 12.8. The zero-order valence-corrected chi connectivity index (χ0v) is 9.31. The normalized spacial score (nSPS) is 11.7. The molecule has 1 nitrogen and oxygen atoms in total. The van der Waals surface area contributed by atoms with E-state index in [0.717, 1.165) is 18.4 Å². The SMILES string of the molecule is CC#CCCC(N)c1ccc(F)cc1Cl. The summed E-state index contributed by atoms with van der Waals surface area (Å²) >= 11 is 5.88. The van der Waals surface area contributed by atoms with Crippen LogP contribution in [0.15, 0.2) is 18.2 Å². The van der Waals surface area contributed by atoms with Crippen LogP contribution in [0.1, 0.15) is 31.4 Å². The molecule has 1 rings (SSSR count). The van der Waals surface area contributed by atoms with Gasteiger partial charge < -0.3 is 5.73 Å². The summed E-state index contributed by atoms with van der Waals surface area (Å²) in [7, 11) is 0. The third-order valence-corrected chi connectivity index (χ3v) is 2.45. The van der Waals surface area contributed by atoms with Crippen molar-refractivity contribution in [3.05, 3.63) is 34.6 Å². The third kappa shape index (κ3) is 3.54. The molecule has 15 heavy (non-hydrogen) atoms. The topological polar surface area (TPSA) is 26.0 Å². The lowest BCUT2D eigenvalue weighted by atomic mass is 10.0. The molecule has 0 saturated heterocycles. The maximum atomic E-state index is 12.8. The number of hydrogen-bond acceptors (Lipinski definition) is 1. The monoisotopic (exact) mass is 225 g/mol. The second-order valence-electron chi connectivity index (χ2n) is 3.24. The molecule has 1 aromatic carbocycles. The zero-order valence-electron chi connectivity index (χ0n) is 8.56. The van der Waals surface area contributed by atoms with E-state index in [-0.39, 0.29) is 11.9 Å². The third-order valence-electron chi connectivity index (χ3n) is 2.12. The summed E-state index contributed by atoms with van der Waals surface area (Å²) in [6.07, 6.45) is 1.46. The minimum absolute atomic E-state index is 0.182. The summed E-state index contributed by atoms with van der Waals surface area (Å²) < 4.78 is 12.8. The Morgan fingerprint density at radius 1 is 1.53 bits per heavy atom.